The van der Waals surface area contributed by atoms with Crippen LogP contribution in [0.15, 0.2) is 0 Å². The quantitative estimate of drug-likeness (QED) is 0.103. The second-order valence-corrected chi connectivity index (χ2v) is 10.0. The lowest BCUT2D eigenvalue weighted by Gasteiger charge is -2.33. The molecule has 0 rings (SSSR count). The molecule has 200 valence electrons. The van der Waals surface area contributed by atoms with Crippen LogP contribution in [0.5, 0.6) is 0 Å². The normalized spacial score (nSPS) is 14.0. The summed E-state index contributed by atoms with van der Waals surface area (Å²) in [5.41, 5.74) is 0. The van der Waals surface area contributed by atoms with Crippen molar-refractivity contribution in [3.63, 3.8) is 0 Å². The summed E-state index contributed by atoms with van der Waals surface area (Å²) in [4.78, 5) is 5.19. The number of nitrogens with zero attached hydrogens (tertiary/aromatic N) is 2. The Kier molecular flexibility index (Phi) is 23.3. The molecule has 7 heteroatoms. The van der Waals surface area contributed by atoms with Crippen molar-refractivity contribution in [1.82, 2.24) is 36.4 Å². The van der Waals surface area contributed by atoms with Gasteiger partial charge in [0.25, 0.3) is 0 Å². The van der Waals surface area contributed by atoms with Gasteiger partial charge in [-0.1, -0.05) is 26.7 Å². The molecule has 0 aromatic carbocycles. The SMILES string of the molecule is CNCCCCCCN(CCC(C)NCCCNC(C)C)C(CCN(C)CCCNC)NC. The van der Waals surface area contributed by atoms with Gasteiger partial charge in [-0.25, -0.2) is 0 Å². The molecule has 0 aromatic rings. The molecule has 0 heterocycles. The highest BCUT2D eigenvalue weighted by Gasteiger charge is 2.18. The second-order valence-electron chi connectivity index (χ2n) is 10.0. The third kappa shape index (κ3) is 20.8. The molecule has 0 aromatic heterocycles. The Labute approximate surface area is 207 Å². The summed E-state index contributed by atoms with van der Waals surface area (Å²) in [5.74, 6) is 0. The first-order chi connectivity index (χ1) is 15.9. The van der Waals surface area contributed by atoms with E-state index in [-0.39, 0.29) is 0 Å². The number of hydrogen-bond donors (Lipinski definition) is 5. The molecule has 0 fully saturated rings. The number of nitrogens with one attached hydrogen (secondary N) is 5. The summed E-state index contributed by atoms with van der Waals surface area (Å²) < 4.78 is 0. The van der Waals surface area contributed by atoms with Crippen LogP contribution < -0.4 is 26.6 Å². The van der Waals surface area contributed by atoms with Crippen LogP contribution in [0.2, 0.25) is 0 Å². The molecule has 0 amide bonds. The monoisotopic (exact) mass is 471 g/mol. The van der Waals surface area contributed by atoms with Gasteiger partial charge in [0.05, 0.1) is 6.17 Å². The Morgan fingerprint density at radius 3 is 1.94 bits per heavy atom. The van der Waals surface area contributed by atoms with Gasteiger partial charge in [0.1, 0.15) is 0 Å². The molecule has 0 aliphatic carbocycles. The average molecular weight is 472 g/mol. The maximum atomic E-state index is 3.73. The molecule has 33 heavy (non-hydrogen) atoms. The van der Waals surface area contributed by atoms with Gasteiger partial charge in [0.2, 0.25) is 0 Å². The molecule has 0 saturated carbocycles. The van der Waals surface area contributed by atoms with E-state index < -0.39 is 0 Å². The van der Waals surface area contributed by atoms with Crippen LogP contribution in [-0.4, -0.2) is 109 Å². The van der Waals surface area contributed by atoms with Crippen molar-refractivity contribution in [2.75, 3.05) is 80.5 Å². The summed E-state index contributed by atoms with van der Waals surface area (Å²) in [6, 6.07) is 1.14. The van der Waals surface area contributed by atoms with E-state index >= 15 is 0 Å². The summed E-state index contributed by atoms with van der Waals surface area (Å²) in [6.07, 6.45) is 10.5. The number of unbranched alkanes of at least 4 members (excludes halogenated alkanes) is 3. The van der Waals surface area contributed by atoms with E-state index in [1.807, 2.05) is 14.1 Å². The van der Waals surface area contributed by atoms with E-state index in [9.17, 15) is 0 Å². The molecule has 0 spiro atoms. The lowest BCUT2D eigenvalue weighted by atomic mass is 10.1. The largest absolute Gasteiger partial charge is 0.320 e. The van der Waals surface area contributed by atoms with E-state index in [2.05, 4.69) is 71.3 Å². The van der Waals surface area contributed by atoms with Crippen LogP contribution in [0.3, 0.4) is 0 Å². The smallest absolute Gasteiger partial charge is 0.0606 e. The number of rotatable bonds is 25. The Bertz CT molecular complexity index is 395. The van der Waals surface area contributed by atoms with Crippen LogP contribution in [0.1, 0.15) is 72.1 Å². The molecular weight excluding hydrogens is 410 g/mol. The molecule has 0 aliphatic rings. The van der Waals surface area contributed by atoms with E-state index in [1.165, 1.54) is 57.9 Å². The van der Waals surface area contributed by atoms with Crippen molar-refractivity contribution < 1.29 is 0 Å². The van der Waals surface area contributed by atoms with Crippen molar-refractivity contribution in [1.29, 1.82) is 0 Å². The van der Waals surface area contributed by atoms with Crippen molar-refractivity contribution in [2.45, 2.75) is 90.4 Å². The highest BCUT2D eigenvalue weighted by molar-refractivity contribution is 4.73. The van der Waals surface area contributed by atoms with Crippen molar-refractivity contribution in [2.24, 2.45) is 0 Å². The first-order valence-electron chi connectivity index (χ1n) is 13.8. The van der Waals surface area contributed by atoms with Gasteiger partial charge in [-0.3, -0.25) is 4.90 Å². The van der Waals surface area contributed by atoms with E-state index in [0.717, 1.165) is 45.8 Å². The van der Waals surface area contributed by atoms with E-state index in [4.69, 9.17) is 0 Å². The predicted octanol–water partition coefficient (Wildman–Crippen LogP) is 2.30. The van der Waals surface area contributed by atoms with Gasteiger partial charge in [-0.15, -0.1) is 0 Å². The zero-order valence-electron chi connectivity index (χ0n) is 23.4. The lowest BCUT2D eigenvalue weighted by molar-refractivity contribution is 0.140. The van der Waals surface area contributed by atoms with Gasteiger partial charge in [0, 0.05) is 25.2 Å². The molecule has 0 bridgehead atoms. The van der Waals surface area contributed by atoms with Crippen molar-refractivity contribution >= 4 is 0 Å². The zero-order chi connectivity index (χ0) is 24.7. The fourth-order valence-electron chi connectivity index (χ4n) is 4.17. The topological polar surface area (TPSA) is 66.6 Å². The molecule has 0 radical (unpaired) electrons. The maximum Gasteiger partial charge on any atom is 0.0606 e. The second kappa shape index (κ2) is 23.5. The maximum absolute atomic E-state index is 3.73. The average Bonchev–Trinajstić information content (AvgIpc) is 2.79. The Morgan fingerprint density at radius 1 is 0.606 bits per heavy atom. The van der Waals surface area contributed by atoms with Gasteiger partial charge in [-0.05, 0) is 113 Å². The van der Waals surface area contributed by atoms with Gasteiger partial charge in [-0.2, -0.15) is 0 Å². The minimum absolute atomic E-state index is 0.455. The summed E-state index contributed by atoms with van der Waals surface area (Å²) in [7, 11) is 8.47. The van der Waals surface area contributed by atoms with Gasteiger partial charge < -0.3 is 31.5 Å². The van der Waals surface area contributed by atoms with Crippen molar-refractivity contribution in [3.05, 3.63) is 0 Å². The summed E-state index contributed by atoms with van der Waals surface area (Å²) >= 11 is 0. The third-order valence-electron chi connectivity index (χ3n) is 6.40. The molecule has 0 aliphatic heterocycles. The van der Waals surface area contributed by atoms with Crippen LogP contribution >= 0.6 is 0 Å². The van der Waals surface area contributed by atoms with Crippen LogP contribution in [0.4, 0.5) is 0 Å². The Hall–Kier alpha value is -0.280. The molecule has 7 nitrogen and oxygen atoms in total. The highest BCUT2D eigenvalue weighted by Crippen LogP contribution is 2.09. The zero-order valence-corrected chi connectivity index (χ0v) is 23.4. The van der Waals surface area contributed by atoms with Crippen molar-refractivity contribution in [3.8, 4) is 0 Å². The molecule has 5 N–H and O–H groups in total. The predicted molar refractivity (Wildman–Crippen MR) is 147 cm³/mol. The Morgan fingerprint density at radius 2 is 1.27 bits per heavy atom. The fraction of sp³-hybridized carbons (Fsp3) is 1.00. The molecule has 2 atom stereocenters. The van der Waals surface area contributed by atoms with Gasteiger partial charge in [0.15, 0.2) is 0 Å². The van der Waals surface area contributed by atoms with Crippen LogP contribution in [0.25, 0.3) is 0 Å². The summed E-state index contributed by atoms with van der Waals surface area (Å²) in [6.45, 7) is 15.9. The highest BCUT2D eigenvalue weighted by atomic mass is 15.3. The molecule has 2 unspecified atom stereocenters. The standard InChI is InChI=1S/C26H61N7/c1-24(2)30-18-12-19-31-25(3)14-23-33(21-11-9-8-10-16-27-4)26(29-6)15-22-32(7)20-13-17-28-5/h24-31H,8-23H2,1-7H3. The van der Waals surface area contributed by atoms with Crippen LogP contribution in [0, 0.1) is 0 Å². The van der Waals surface area contributed by atoms with E-state index in [0.29, 0.717) is 18.2 Å². The summed E-state index contributed by atoms with van der Waals surface area (Å²) in [5, 5.41) is 17.4. The van der Waals surface area contributed by atoms with Crippen LogP contribution in [-0.2, 0) is 0 Å². The third-order valence-corrected chi connectivity index (χ3v) is 6.40. The van der Waals surface area contributed by atoms with E-state index in [1.54, 1.807) is 0 Å². The minimum Gasteiger partial charge on any atom is -0.320 e. The first kappa shape index (κ1) is 32.7. The minimum atomic E-state index is 0.455. The molecule has 0 saturated heterocycles. The Balaban J connectivity index is 4.50. The first-order valence-corrected chi connectivity index (χ1v) is 13.8. The fourth-order valence-corrected chi connectivity index (χ4v) is 4.17. The lowest BCUT2D eigenvalue weighted by Crippen LogP contribution is -2.47. The molecular formula is C26H61N7. The van der Waals surface area contributed by atoms with Gasteiger partial charge >= 0.3 is 0 Å². The number of hydrogen-bond acceptors (Lipinski definition) is 7.